The van der Waals surface area contributed by atoms with Gasteiger partial charge in [-0.05, 0) is 24.6 Å². The van der Waals surface area contributed by atoms with Crippen LogP contribution in [0.15, 0.2) is 69.1 Å². The van der Waals surface area contributed by atoms with E-state index in [0.717, 1.165) is 16.7 Å². The molecule has 140 valence electrons. The normalized spacial score (nSPS) is 10.9. The lowest BCUT2D eigenvalue weighted by Gasteiger charge is -2.03. The smallest absolute Gasteiger partial charge is 0.252 e. The summed E-state index contributed by atoms with van der Waals surface area (Å²) in [5, 5.41) is 5.10. The molecule has 0 aliphatic rings. The van der Waals surface area contributed by atoms with Gasteiger partial charge in [-0.25, -0.2) is 4.98 Å². The first-order valence-corrected chi connectivity index (χ1v) is 9.83. The van der Waals surface area contributed by atoms with E-state index in [1.54, 1.807) is 12.1 Å². The number of halogens is 1. The van der Waals surface area contributed by atoms with Crippen LogP contribution in [0.1, 0.15) is 11.5 Å². The second-order valence-corrected chi connectivity index (χ2v) is 7.46. The summed E-state index contributed by atoms with van der Waals surface area (Å²) >= 11 is 7.35. The molecular formula is C20H15ClN4O2S. The number of nitrogens with one attached hydrogen (secondary N) is 1. The quantitative estimate of drug-likeness (QED) is 0.378. The van der Waals surface area contributed by atoms with E-state index >= 15 is 0 Å². The van der Waals surface area contributed by atoms with Gasteiger partial charge in [-0.1, -0.05) is 64.9 Å². The van der Waals surface area contributed by atoms with Gasteiger partial charge in [0.2, 0.25) is 11.7 Å². The number of aromatic amines is 1. The molecule has 0 unspecified atom stereocenters. The van der Waals surface area contributed by atoms with Crippen molar-refractivity contribution >= 4 is 23.4 Å². The van der Waals surface area contributed by atoms with Gasteiger partial charge in [0.15, 0.2) is 5.16 Å². The summed E-state index contributed by atoms with van der Waals surface area (Å²) in [6.45, 7) is 2.00. The van der Waals surface area contributed by atoms with Crippen LogP contribution in [0, 0.1) is 6.92 Å². The molecule has 0 aliphatic carbocycles. The molecule has 0 saturated carbocycles. The molecule has 1 N–H and O–H groups in total. The molecule has 6 nitrogen and oxygen atoms in total. The fourth-order valence-corrected chi connectivity index (χ4v) is 3.58. The minimum absolute atomic E-state index is 0.237. The molecule has 2 aromatic heterocycles. The summed E-state index contributed by atoms with van der Waals surface area (Å²) in [4.78, 5) is 23.7. The van der Waals surface area contributed by atoms with Crippen molar-refractivity contribution in [2.75, 3.05) is 0 Å². The lowest BCUT2D eigenvalue weighted by atomic mass is 10.1. The standard InChI is InChI=1S/C20H15ClN4O2S/c1-12-5-2-3-8-15(12)19-24-18(27-25-19)11-28-20-22-16(10-17(26)23-20)13-6-4-7-14(21)9-13/h2-10H,11H2,1H3,(H,22,23,26). The zero-order valence-corrected chi connectivity index (χ0v) is 16.4. The van der Waals surface area contributed by atoms with Crippen molar-refractivity contribution in [3.63, 3.8) is 0 Å². The van der Waals surface area contributed by atoms with Gasteiger partial charge in [-0.3, -0.25) is 4.79 Å². The van der Waals surface area contributed by atoms with Gasteiger partial charge < -0.3 is 9.51 Å². The van der Waals surface area contributed by atoms with Crippen LogP contribution in [-0.2, 0) is 5.75 Å². The van der Waals surface area contributed by atoms with E-state index in [1.807, 2.05) is 43.3 Å². The van der Waals surface area contributed by atoms with Crippen molar-refractivity contribution in [2.24, 2.45) is 0 Å². The van der Waals surface area contributed by atoms with Gasteiger partial charge in [0.05, 0.1) is 11.4 Å². The molecule has 2 heterocycles. The molecule has 0 fully saturated rings. The number of aromatic nitrogens is 4. The SMILES string of the molecule is Cc1ccccc1-c1noc(CSc2nc(-c3cccc(Cl)c3)cc(=O)[nH]2)n1. The van der Waals surface area contributed by atoms with E-state index in [4.69, 9.17) is 16.1 Å². The Balaban J connectivity index is 1.53. The molecule has 0 saturated heterocycles. The number of H-pyrrole nitrogens is 1. The molecule has 0 atom stereocenters. The van der Waals surface area contributed by atoms with Gasteiger partial charge >= 0.3 is 0 Å². The van der Waals surface area contributed by atoms with E-state index < -0.39 is 0 Å². The summed E-state index contributed by atoms with van der Waals surface area (Å²) in [6.07, 6.45) is 0. The summed E-state index contributed by atoms with van der Waals surface area (Å²) < 4.78 is 5.34. The van der Waals surface area contributed by atoms with E-state index in [2.05, 4.69) is 20.1 Å². The molecule has 0 radical (unpaired) electrons. The first-order valence-electron chi connectivity index (χ1n) is 8.47. The second kappa shape index (κ2) is 8.00. The molecule has 0 spiro atoms. The number of rotatable bonds is 5. The van der Waals surface area contributed by atoms with Crippen molar-refractivity contribution in [1.82, 2.24) is 20.1 Å². The summed E-state index contributed by atoms with van der Waals surface area (Å²) in [5.74, 6) is 1.39. The Morgan fingerprint density at radius 1 is 1.11 bits per heavy atom. The maximum Gasteiger partial charge on any atom is 0.252 e. The first kappa shape index (κ1) is 18.5. The Morgan fingerprint density at radius 2 is 1.96 bits per heavy atom. The van der Waals surface area contributed by atoms with Gasteiger partial charge in [0.25, 0.3) is 5.56 Å². The van der Waals surface area contributed by atoms with Crippen LogP contribution in [-0.4, -0.2) is 20.1 Å². The number of hydrogen-bond acceptors (Lipinski definition) is 6. The number of benzene rings is 2. The Labute approximate surface area is 170 Å². The van der Waals surface area contributed by atoms with Crippen LogP contribution in [0.3, 0.4) is 0 Å². The monoisotopic (exact) mass is 410 g/mol. The maximum atomic E-state index is 12.0. The van der Waals surface area contributed by atoms with Crippen LogP contribution < -0.4 is 5.56 Å². The predicted molar refractivity (Wildman–Crippen MR) is 109 cm³/mol. The molecule has 2 aromatic carbocycles. The van der Waals surface area contributed by atoms with Crippen molar-refractivity contribution in [1.29, 1.82) is 0 Å². The topological polar surface area (TPSA) is 84.7 Å². The summed E-state index contributed by atoms with van der Waals surface area (Å²) in [6, 6.07) is 16.5. The van der Waals surface area contributed by atoms with Crippen LogP contribution in [0.4, 0.5) is 0 Å². The highest BCUT2D eigenvalue weighted by atomic mass is 35.5. The average molecular weight is 411 g/mol. The molecule has 4 aromatic rings. The number of thioether (sulfide) groups is 1. The fourth-order valence-electron chi connectivity index (χ4n) is 2.68. The number of nitrogens with zero attached hydrogens (tertiary/aromatic N) is 3. The molecular weight excluding hydrogens is 396 g/mol. The van der Waals surface area contributed by atoms with Crippen LogP contribution in [0.2, 0.25) is 5.02 Å². The molecule has 0 bridgehead atoms. The highest BCUT2D eigenvalue weighted by Gasteiger charge is 2.12. The highest BCUT2D eigenvalue weighted by molar-refractivity contribution is 7.98. The molecule has 0 aliphatic heterocycles. The third-order valence-corrected chi connectivity index (χ3v) is 5.12. The summed E-state index contributed by atoms with van der Waals surface area (Å²) in [5.41, 5.74) is 3.10. The van der Waals surface area contributed by atoms with E-state index in [0.29, 0.717) is 33.3 Å². The molecule has 28 heavy (non-hydrogen) atoms. The lowest BCUT2D eigenvalue weighted by molar-refractivity contribution is 0.391. The molecule has 4 rings (SSSR count). The molecule has 8 heteroatoms. The first-order chi connectivity index (χ1) is 13.6. The average Bonchev–Trinajstić information content (AvgIpc) is 3.15. The Bertz CT molecular complexity index is 1190. The summed E-state index contributed by atoms with van der Waals surface area (Å²) in [7, 11) is 0. The van der Waals surface area contributed by atoms with Crippen LogP contribution in [0.25, 0.3) is 22.6 Å². The zero-order valence-electron chi connectivity index (χ0n) is 14.8. The predicted octanol–water partition coefficient (Wildman–Crippen LogP) is 4.74. The highest BCUT2D eigenvalue weighted by Crippen LogP contribution is 2.25. The Morgan fingerprint density at radius 3 is 2.79 bits per heavy atom. The third-order valence-electron chi connectivity index (χ3n) is 4.03. The van der Waals surface area contributed by atoms with Crippen molar-refractivity contribution in [3.05, 3.63) is 81.4 Å². The minimum Gasteiger partial charge on any atom is -0.338 e. The number of hydrogen-bond donors (Lipinski definition) is 1. The Hall–Kier alpha value is -2.90. The number of aryl methyl sites for hydroxylation is 1. The minimum atomic E-state index is -0.237. The lowest BCUT2D eigenvalue weighted by Crippen LogP contribution is -2.08. The Kier molecular flexibility index (Phi) is 5.27. The van der Waals surface area contributed by atoms with Gasteiger partial charge in [-0.2, -0.15) is 4.98 Å². The van der Waals surface area contributed by atoms with Crippen LogP contribution >= 0.6 is 23.4 Å². The van der Waals surface area contributed by atoms with Gasteiger partial charge in [0, 0.05) is 22.2 Å². The molecule has 0 amide bonds. The van der Waals surface area contributed by atoms with Crippen molar-refractivity contribution < 1.29 is 4.52 Å². The van der Waals surface area contributed by atoms with Crippen LogP contribution in [0.5, 0.6) is 0 Å². The van der Waals surface area contributed by atoms with Crippen molar-refractivity contribution in [2.45, 2.75) is 17.8 Å². The van der Waals surface area contributed by atoms with Gasteiger partial charge in [-0.15, -0.1) is 0 Å². The zero-order chi connectivity index (χ0) is 19.5. The van der Waals surface area contributed by atoms with Crippen molar-refractivity contribution in [3.8, 4) is 22.6 Å². The fraction of sp³-hybridized carbons (Fsp3) is 0.100. The largest absolute Gasteiger partial charge is 0.338 e. The third kappa shape index (κ3) is 4.16. The van der Waals surface area contributed by atoms with E-state index in [9.17, 15) is 4.79 Å². The maximum absolute atomic E-state index is 12.0. The second-order valence-electron chi connectivity index (χ2n) is 6.06. The van der Waals surface area contributed by atoms with E-state index in [-0.39, 0.29) is 5.56 Å². The van der Waals surface area contributed by atoms with E-state index in [1.165, 1.54) is 17.8 Å². The van der Waals surface area contributed by atoms with Gasteiger partial charge in [0.1, 0.15) is 0 Å².